The summed E-state index contributed by atoms with van der Waals surface area (Å²) >= 11 is 0. The van der Waals surface area contributed by atoms with E-state index in [2.05, 4.69) is 15.2 Å². The van der Waals surface area contributed by atoms with Gasteiger partial charge in [-0.15, -0.1) is 5.10 Å². The van der Waals surface area contributed by atoms with Crippen LogP contribution in [0.3, 0.4) is 0 Å². The zero-order valence-corrected chi connectivity index (χ0v) is 13.9. The van der Waals surface area contributed by atoms with Gasteiger partial charge in [0.25, 0.3) is 5.91 Å². The Balaban J connectivity index is 1.43. The number of benzene rings is 1. The van der Waals surface area contributed by atoms with Crippen molar-refractivity contribution in [3.05, 3.63) is 23.8 Å². The van der Waals surface area contributed by atoms with Crippen molar-refractivity contribution in [2.45, 2.75) is 31.4 Å². The van der Waals surface area contributed by atoms with Crippen LogP contribution in [0.4, 0.5) is 0 Å². The van der Waals surface area contributed by atoms with Gasteiger partial charge in [-0.2, -0.15) is 0 Å². The van der Waals surface area contributed by atoms with Crippen molar-refractivity contribution >= 4 is 16.9 Å². The summed E-state index contributed by atoms with van der Waals surface area (Å²) in [6.07, 6.45) is 2.87. The van der Waals surface area contributed by atoms with Crippen LogP contribution in [0.2, 0.25) is 0 Å². The fourth-order valence-electron chi connectivity index (χ4n) is 3.96. The molecule has 0 unspecified atom stereocenters. The van der Waals surface area contributed by atoms with Crippen LogP contribution in [-0.2, 0) is 7.05 Å². The highest BCUT2D eigenvalue weighted by atomic mass is 16.3. The monoisotopic (exact) mass is 329 g/mol. The van der Waals surface area contributed by atoms with Gasteiger partial charge in [-0.25, -0.2) is 4.68 Å². The average molecular weight is 329 g/mol. The molecule has 0 bridgehead atoms. The smallest absolute Gasteiger partial charge is 0.254 e. The Morgan fingerprint density at radius 1 is 1.21 bits per heavy atom. The SMILES string of the molecule is Cn1nnc2cc(C(=O)N3CCN([C@H]4CCC[C@H]4O)CC3)ccc21. The molecule has 4 rings (SSSR count). The van der Waals surface area contributed by atoms with Gasteiger partial charge >= 0.3 is 0 Å². The van der Waals surface area contributed by atoms with Gasteiger partial charge in [-0.05, 0) is 37.5 Å². The minimum Gasteiger partial charge on any atom is -0.391 e. The third-order valence-corrected chi connectivity index (χ3v) is 5.37. The standard InChI is InChI=1S/C17H23N5O2/c1-20-14-6-5-12(11-13(14)18-19-20)17(24)22-9-7-21(8-10-22)15-3-2-4-16(15)23/h5-6,11,15-16,23H,2-4,7-10H2,1H3/t15-,16+/m0/s1. The Hall–Kier alpha value is -1.99. The molecule has 128 valence electrons. The van der Waals surface area contributed by atoms with Gasteiger partial charge in [0.2, 0.25) is 0 Å². The summed E-state index contributed by atoms with van der Waals surface area (Å²) < 4.78 is 1.70. The lowest BCUT2D eigenvalue weighted by atomic mass is 10.1. The molecule has 7 nitrogen and oxygen atoms in total. The molecule has 1 amide bonds. The summed E-state index contributed by atoms with van der Waals surface area (Å²) in [6, 6.07) is 5.84. The van der Waals surface area contributed by atoms with Crippen molar-refractivity contribution in [3.63, 3.8) is 0 Å². The van der Waals surface area contributed by atoms with Crippen molar-refractivity contribution < 1.29 is 9.90 Å². The first kappa shape index (κ1) is 15.5. The van der Waals surface area contributed by atoms with E-state index in [1.54, 1.807) is 4.68 Å². The van der Waals surface area contributed by atoms with Gasteiger partial charge < -0.3 is 10.0 Å². The van der Waals surface area contributed by atoms with Gasteiger partial charge in [-0.3, -0.25) is 9.69 Å². The number of hydrogen-bond donors (Lipinski definition) is 1. The maximum atomic E-state index is 12.7. The first-order valence-corrected chi connectivity index (χ1v) is 8.64. The van der Waals surface area contributed by atoms with Crippen LogP contribution >= 0.6 is 0 Å². The van der Waals surface area contributed by atoms with Crippen molar-refractivity contribution in [1.29, 1.82) is 0 Å². The summed E-state index contributed by atoms with van der Waals surface area (Å²) in [7, 11) is 1.84. The summed E-state index contributed by atoms with van der Waals surface area (Å²) in [5.74, 6) is 0.0502. The fraction of sp³-hybridized carbons (Fsp3) is 0.588. The minimum absolute atomic E-state index is 0.0502. The van der Waals surface area contributed by atoms with Crippen LogP contribution in [0, 0.1) is 0 Å². The number of piperazine rings is 1. The Morgan fingerprint density at radius 3 is 2.71 bits per heavy atom. The maximum Gasteiger partial charge on any atom is 0.254 e. The Kier molecular flexibility index (Phi) is 3.97. The van der Waals surface area contributed by atoms with E-state index in [1.165, 1.54) is 0 Å². The fourth-order valence-corrected chi connectivity index (χ4v) is 3.96. The molecule has 0 radical (unpaired) electrons. The van der Waals surface area contributed by atoms with Crippen LogP contribution < -0.4 is 0 Å². The van der Waals surface area contributed by atoms with Crippen LogP contribution in [0.5, 0.6) is 0 Å². The number of aliphatic hydroxyl groups is 1. The zero-order chi connectivity index (χ0) is 16.7. The topological polar surface area (TPSA) is 74.5 Å². The van der Waals surface area contributed by atoms with Gasteiger partial charge in [-0.1, -0.05) is 5.21 Å². The largest absolute Gasteiger partial charge is 0.391 e. The minimum atomic E-state index is -0.202. The second-order valence-corrected chi connectivity index (χ2v) is 6.81. The molecular weight excluding hydrogens is 306 g/mol. The zero-order valence-electron chi connectivity index (χ0n) is 13.9. The molecule has 1 N–H and O–H groups in total. The first-order valence-electron chi connectivity index (χ1n) is 8.64. The molecule has 2 atom stereocenters. The summed E-state index contributed by atoms with van der Waals surface area (Å²) in [5.41, 5.74) is 2.33. The molecule has 1 aliphatic heterocycles. The van der Waals surface area contributed by atoms with Crippen LogP contribution in [0.25, 0.3) is 11.0 Å². The number of carbonyl (C=O) groups excluding carboxylic acids is 1. The molecule has 0 spiro atoms. The van der Waals surface area contributed by atoms with Crippen LogP contribution in [-0.4, -0.2) is 74.1 Å². The molecule has 1 aromatic carbocycles. The number of amides is 1. The van der Waals surface area contributed by atoms with Gasteiger partial charge in [0.15, 0.2) is 0 Å². The molecule has 2 fully saturated rings. The third-order valence-electron chi connectivity index (χ3n) is 5.37. The molecule has 1 saturated carbocycles. The molecule has 2 aliphatic rings. The number of aliphatic hydroxyl groups excluding tert-OH is 1. The molecule has 1 aliphatic carbocycles. The quantitative estimate of drug-likeness (QED) is 0.875. The first-order chi connectivity index (χ1) is 11.6. The number of aromatic nitrogens is 3. The van der Waals surface area contributed by atoms with E-state index in [1.807, 2.05) is 30.1 Å². The van der Waals surface area contributed by atoms with E-state index in [0.29, 0.717) is 18.7 Å². The van der Waals surface area contributed by atoms with E-state index in [4.69, 9.17) is 0 Å². The summed E-state index contributed by atoms with van der Waals surface area (Å²) in [6.45, 7) is 3.09. The predicted octanol–water partition coefficient (Wildman–Crippen LogP) is 0.639. The molecule has 2 heterocycles. The predicted molar refractivity (Wildman–Crippen MR) is 89.6 cm³/mol. The number of nitrogens with zero attached hydrogens (tertiary/aromatic N) is 5. The highest BCUT2D eigenvalue weighted by Gasteiger charge is 2.33. The molecule has 7 heteroatoms. The second-order valence-electron chi connectivity index (χ2n) is 6.81. The third kappa shape index (κ3) is 2.67. The number of fused-ring (bicyclic) bond motifs is 1. The van der Waals surface area contributed by atoms with Crippen LogP contribution in [0.1, 0.15) is 29.6 Å². The highest BCUT2D eigenvalue weighted by Crippen LogP contribution is 2.25. The lowest BCUT2D eigenvalue weighted by molar-refractivity contribution is 0.0315. The van der Waals surface area contributed by atoms with Crippen LogP contribution in [0.15, 0.2) is 18.2 Å². The lowest BCUT2D eigenvalue weighted by Crippen LogP contribution is -2.53. The molecule has 24 heavy (non-hydrogen) atoms. The van der Waals surface area contributed by atoms with E-state index >= 15 is 0 Å². The number of hydrogen-bond acceptors (Lipinski definition) is 5. The van der Waals surface area contributed by atoms with E-state index < -0.39 is 0 Å². The van der Waals surface area contributed by atoms with E-state index in [9.17, 15) is 9.90 Å². The van der Waals surface area contributed by atoms with Crippen molar-refractivity contribution in [3.8, 4) is 0 Å². The number of carbonyl (C=O) groups is 1. The normalized spacial score (nSPS) is 25.5. The molecular formula is C17H23N5O2. The molecule has 2 aromatic rings. The van der Waals surface area contributed by atoms with E-state index in [-0.39, 0.29) is 18.1 Å². The average Bonchev–Trinajstić information content (AvgIpc) is 3.20. The van der Waals surface area contributed by atoms with Crippen molar-refractivity contribution in [2.24, 2.45) is 7.05 Å². The Labute approximate surface area is 140 Å². The maximum absolute atomic E-state index is 12.7. The summed E-state index contributed by atoms with van der Waals surface area (Å²) in [4.78, 5) is 17.0. The van der Waals surface area contributed by atoms with Crippen molar-refractivity contribution in [2.75, 3.05) is 26.2 Å². The molecule has 1 aromatic heterocycles. The van der Waals surface area contributed by atoms with Gasteiger partial charge in [0, 0.05) is 44.8 Å². The lowest BCUT2D eigenvalue weighted by Gasteiger charge is -2.39. The number of rotatable bonds is 2. The van der Waals surface area contributed by atoms with Gasteiger partial charge in [0.1, 0.15) is 5.52 Å². The van der Waals surface area contributed by atoms with Gasteiger partial charge in [0.05, 0.1) is 11.6 Å². The summed E-state index contributed by atoms with van der Waals surface area (Å²) in [5, 5.41) is 18.1. The van der Waals surface area contributed by atoms with E-state index in [0.717, 1.165) is 43.4 Å². The second kappa shape index (κ2) is 6.14. The Morgan fingerprint density at radius 2 is 2.00 bits per heavy atom. The van der Waals surface area contributed by atoms with Crippen molar-refractivity contribution in [1.82, 2.24) is 24.8 Å². The Bertz CT molecular complexity index is 751. The molecule has 1 saturated heterocycles. The number of aryl methyl sites for hydroxylation is 1. The highest BCUT2D eigenvalue weighted by molar-refractivity contribution is 5.97.